The predicted octanol–water partition coefficient (Wildman–Crippen LogP) is 1.43. The van der Waals surface area contributed by atoms with E-state index < -0.39 is 10.0 Å². The largest absolute Gasteiger partial charge is 0.483 e. The lowest BCUT2D eigenvalue weighted by Gasteiger charge is -2.26. The first-order valence-electron chi connectivity index (χ1n) is 9.61. The molecule has 0 saturated carbocycles. The summed E-state index contributed by atoms with van der Waals surface area (Å²) in [6.07, 6.45) is 0.705. The summed E-state index contributed by atoms with van der Waals surface area (Å²) in [7, 11) is -3.39. The molecule has 0 radical (unpaired) electrons. The van der Waals surface area contributed by atoms with Gasteiger partial charge in [-0.1, -0.05) is 48.5 Å². The van der Waals surface area contributed by atoms with Crippen molar-refractivity contribution in [2.45, 2.75) is 6.42 Å². The minimum Gasteiger partial charge on any atom is -0.483 e. The first kappa shape index (κ1) is 21.3. The van der Waals surface area contributed by atoms with E-state index in [2.05, 4.69) is 5.32 Å². The highest BCUT2D eigenvalue weighted by Gasteiger charge is 2.23. The van der Waals surface area contributed by atoms with Gasteiger partial charge in [0.25, 0.3) is 5.91 Å². The average Bonchev–Trinajstić information content (AvgIpc) is 2.74. The number of sulfonamides is 1. The Morgan fingerprint density at radius 3 is 2.48 bits per heavy atom. The van der Waals surface area contributed by atoms with Crippen molar-refractivity contribution in [2.75, 3.05) is 45.2 Å². The molecule has 0 aromatic heterocycles. The van der Waals surface area contributed by atoms with E-state index in [-0.39, 0.29) is 24.8 Å². The van der Waals surface area contributed by atoms with Gasteiger partial charge in [-0.05, 0) is 17.2 Å². The molecule has 1 amide bonds. The number of nitrogens with zero attached hydrogens (tertiary/aromatic N) is 1. The molecule has 0 spiro atoms. The molecule has 8 heteroatoms. The second kappa shape index (κ2) is 10.4. The van der Waals surface area contributed by atoms with Crippen LogP contribution in [-0.2, 0) is 26.0 Å². The fraction of sp³-hybridized carbons (Fsp3) is 0.381. The Labute approximate surface area is 171 Å². The number of carbonyl (C=O) groups is 1. The lowest BCUT2D eigenvalue weighted by Crippen LogP contribution is -2.44. The normalized spacial score (nSPS) is 15.0. The average molecular weight is 419 g/mol. The molecular weight excluding hydrogens is 392 g/mol. The van der Waals surface area contributed by atoms with Crippen molar-refractivity contribution in [3.05, 3.63) is 65.7 Å². The quantitative estimate of drug-likeness (QED) is 0.666. The van der Waals surface area contributed by atoms with Gasteiger partial charge in [-0.3, -0.25) is 4.79 Å². The number of hydrogen-bond donors (Lipinski definition) is 1. The number of morpholine rings is 1. The van der Waals surface area contributed by atoms with E-state index in [0.29, 0.717) is 38.5 Å². The van der Waals surface area contributed by atoms with E-state index in [9.17, 15) is 13.2 Å². The maximum Gasteiger partial charge on any atom is 0.257 e. The van der Waals surface area contributed by atoms with E-state index in [1.54, 1.807) is 0 Å². The van der Waals surface area contributed by atoms with E-state index in [1.165, 1.54) is 4.31 Å². The van der Waals surface area contributed by atoms with Gasteiger partial charge in [0.15, 0.2) is 6.61 Å². The highest BCUT2D eigenvalue weighted by atomic mass is 32.2. The molecule has 1 fully saturated rings. The van der Waals surface area contributed by atoms with Crippen LogP contribution in [0.3, 0.4) is 0 Å². The van der Waals surface area contributed by atoms with Gasteiger partial charge in [0.2, 0.25) is 10.0 Å². The first-order chi connectivity index (χ1) is 14.0. The maximum atomic E-state index is 12.3. The van der Waals surface area contributed by atoms with Crippen molar-refractivity contribution in [1.82, 2.24) is 9.62 Å². The number of rotatable bonds is 9. The summed E-state index contributed by atoms with van der Waals surface area (Å²) in [5.41, 5.74) is 2.14. The molecule has 1 N–H and O–H groups in total. The number of nitrogens with one attached hydrogen (secondary N) is 1. The highest BCUT2D eigenvalue weighted by molar-refractivity contribution is 7.89. The van der Waals surface area contributed by atoms with Crippen LogP contribution in [0.1, 0.15) is 11.1 Å². The number of ether oxygens (including phenoxy) is 2. The fourth-order valence-corrected chi connectivity index (χ4v) is 4.40. The summed E-state index contributed by atoms with van der Waals surface area (Å²) in [6.45, 7) is 1.41. The summed E-state index contributed by atoms with van der Waals surface area (Å²) in [4.78, 5) is 12.1. The van der Waals surface area contributed by atoms with Crippen LogP contribution in [0.5, 0.6) is 5.75 Å². The lowest BCUT2D eigenvalue weighted by molar-refractivity contribution is -0.122. The van der Waals surface area contributed by atoms with Crippen LogP contribution in [0.25, 0.3) is 0 Å². The molecule has 2 aromatic carbocycles. The number of amides is 1. The third-order valence-corrected chi connectivity index (χ3v) is 6.49. The summed E-state index contributed by atoms with van der Waals surface area (Å²) < 4.78 is 36.8. The van der Waals surface area contributed by atoms with Crippen molar-refractivity contribution in [3.8, 4) is 5.75 Å². The van der Waals surface area contributed by atoms with E-state index in [1.807, 2.05) is 54.6 Å². The standard InChI is InChI=1S/C21H26N2O5S/c24-21(22-10-15-29(25,26)23-11-13-27-14-12-23)17-28-20-9-5-4-8-19(20)16-18-6-2-1-3-7-18/h1-9H,10-17H2,(H,22,24). The smallest absolute Gasteiger partial charge is 0.257 e. The molecule has 29 heavy (non-hydrogen) atoms. The van der Waals surface area contributed by atoms with Crippen LogP contribution in [0.15, 0.2) is 54.6 Å². The van der Waals surface area contributed by atoms with Crippen molar-refractivity contribution >= 4 is 15.9 Å². The van der Waals surface area contributed by atoms with Crippen LogP contribution in [0.2, 0.25) is 0 Å². The Hall–Kier alpha value is -2.42. The summed E-state index contributed by atoms with van der Waals surface area (Å²) in [5.74, 6) is 0.160. The molecule has 0 atom stereocenters. The Morgan fingerprint density at radius 1 is 1.03 bits per heavy atom. The van der Waals surface area contributed by atoms with Crippen LogP contribution in [0, 0.1) is 0 Å². The second-order valence-corrected chi connectivity index (χ2v) is 8.82. The van der Waals surface area contributed by atoms with E-state index in [4.69, 9.17) is 9.47 Å². The molecule has 0 bridgehead atoms. The van der Waals surface area contributed by atoms with E-state index >= 15 is 0 Å². The van der Waals surface area contributed by atoms with Gasteiger partial charge >= 0.3 is 0 Å². The zero-order valence-electron chi connectivity index (χ0n) is 16.2. The van der Waals surface area contributed by atoms with Gasteiger partial charge in [0.05, 0.1) is 19.0 Å². The minimum absolute atomic E-state index is 0.0492. The molecule has 7 nitrogen and oxygen atoms in total. The van der Waals surface area contributed by atoms with Crippen LogP contribution < -0.4 is 10.1 Å². The van der Waals surface area contributed by atoms with Gasteiger partial charge < -0.3 is 14.8 Å². The molecule has 1 saturated heterocycles. The maximum absolute atomic E-state index is 12.3. The summed E-state index contributed by atoms with van der Waals surface area (Å²) in [6, 6.07) is 17.6. The molecule has 156 valence electrons. The Bertz CT molecular complexity index is 896. The SMILES string of the molecule is O=C(COc1ccccc1Cc1ccccc1)NCCS(=O)(=O)N1CCOCC1. The van der Waals surface area contributed by atoms with Crippen LogP contribution in [-0.4, -0.2) is 63.8 Å². The van der Waals surface area contributed by atoms with Gasteiger partial charge in [0.1, 0.15) is 5.75 Å². The number of carbonyl (C=O) groups excluding carboxylic acids is 1. The number of benzene rings is 2. The Morgan fingerprint density at radius 2 is 1.72 bits per heavy atom. The zero-order chi connectivity index (χ0) is 20.5. The van der Waals surface area contributed by atoms with Gasteiger partial charge in [-0.15, -0.1) is 0 Å². The summed E-state index contributed by atoms with van der Waals surface area (Å²) in [5, 5.41) is 2.62. The number of para-hydroxylation sites is 1. The van der Waals surface area contributed by atoms with Crippen molar-refractivity contribution in [1.29, 1.82) is 0 Å². The molecule has 1 aliphatic rings. The van der Waals surface area contributed by atoms with Gasteiger partial charge in [-0.2, -0.15) is 4.31 Å². The second-order valence-electron chi connectivity index (χ2n) is 6.74. The number of hydrogen-bond acceptors (Lipinski definition) is 5. The fourth-order valence-electron chi connectivity index (χ4n) is 3.07. The topological polar surface area (TPSA) is 84.9 Å². The van der Waals surface area contributed by atoms with Crippen LogP contribution >= 0.6 is 0 Å². The molecule has 0 unspecified atom stereocenters. The summed E-state index contributed by atoms with van der Waals surface area (Å²) >= 11 is 0. The third-order valence-electron chi connectivity index (χ3n) is 4.61. The third kappa shape index (κ3) is 6.56. The molecule has 1 aliphatic heterocycles. The van der Waals surface area contributed by atoms with Crippen molar-refractivity contribution < 1.29 is 22.7 Å². The predicted molar refractivity (Wildman–Crippen MR) is 110 cm³/mol. The van der Waals surface area contributed by atoms with Crippen LogP contribution in [0.4, 0.5) is 0 Å². The monoisotopic (exact) mass is 418 g/mol. The first-order valence-corrected chi connectivity index (χ1v) is 11.2. The molecule has 2 aromatic rings. The Balaban J connectivity index is 1.46. The van der Waals surface area contributed by atoms with Crippen molar-refractivity contribution in [3.63, 3.8) is 0 Å². The van der Waals surface area contributed by atoms with Crippen molar-refractivity contribution in [2.24, 2.45) is 0 Å². The molecular formula is C21H26N2O5S. The Kier molecular flexibility index (Phi) is 7.62. The zero-order valence-corrected chi connectivity index (χ0v) is 17.1. The van der Waals surface area contributed by atoms with Gasteiger partial charge in [0, 0.05) is 26.1 Å². The molecule has 0 aliphatic carbocycles. The lowest BCUT2D eigenvalue weighted by atomic mass is 10.0. The molecule has 3 rings (SSSR count). The van der Waals surface area contributed by atoms with E-state index in [0.717, 1.165) is 11.1 Å². The molecule has 1 heterocycles. The minimum atomic E-state index is -3.39. The van der Waals surface area contributed by atoms with Gasteiger partial charge in [-0.25, -0.2) is 8.42 Å². The highest BCUT2D eigenvalue weighted by Crippen LogP contribution is 2.21.